The van der Waals surface area contributed by atoms with Crippen molar-refractivity contribution in [1.82, 2.24) is 0 Å². The molecule has 0 aliphatic heterocycles. The van der Waals surface area contributed by atoms with Crippen LogP contribution >= 0.6 is 0 Å². The topological polar surface area (TPSA) is 95.8 Å². The molecule has 1 atom stereocenters. The van der Waals surface area contributed by atoms with Crippen molar-refractivity contribution >= 4 is 23.3 Å². The summed E-state index contributed by atoms with van der Waals surface area (Å²) in [6.07, 6.45) is 6.80. The predicted molar refractivity (Wildman–Crippen MR) is 184 cm³/mol. The summed E-state index contributed by atoms with van der Waals surface area (Å²) in [4.78, 5) is 25.7. The van der Waals surface area contributed by atoms with Gasteiger partial charge in [-0.3, -0.25) is 0 Å². The van der Waals surface area contributed by atoms with Crippen LogP contribution in [0.3, 0.4) is 0 Å². The molecule has 47 heavy (non-hydrogen) atoms. The summed E-state index contributed by atoms with van der Waals surface area (Å²) >= 11 is 0. The average Bonchev–Trinajstić information content (AvgIpc) is 3.10. The fraction of sp³-hybridized carbons (Fsp3) is 0.333. The summed E-state index contributed by atoms with van der Waals surface area (Å²) in [5, 5.41) is 8.87. The minimum atomic E-state index is -0.559. The van der Waals surface area contributed by atoms with Crippen LogP contribution in [0.1, 0.15) is 92.5 Å². The molecule has 0 aromatic heterocycles. The van der Waals surface area contributed by atoms with E-state index in [0.717, 1.165) is 50.6 Å². The lowest BCUT2D eigenvalue weighted by Crippen LogP contribution is -2.15. The van der Waals surface area contributed by atoms with E-state index in [1.807, 2.05) is 24.3 Å². The molecule has 0 spiro atoms. The number of hydrogen-bond acceptors (Lipinski definition) is 8. The van der Waals surface area contributed by atoms with E-state index >= 15 is 0 Å². The van der Waals surface area contributed by atoms with Crippen LogP contribution in [0.2, 0.25) is 0 Å². The number of unbranched alkanes of at least 4 members (excludes halogenated alkanes) is 2. The number of rotatable bonds is 17. The van der Waals surface area contributed by atoms with E-state index in [9.17, 15) is 9.59 Å². The maximum absolute atomic E-state index is 13.0. The standard InChI is InChI=1S/C39H44N2O6/c1-5-9-11-32(8-4)45-37-27-35(24-25-36(37)41-40-31-18-12-28(7-3)13-19-31)47-39(43)30-16-22-34(23-17-30)46-38(42)29-14-20-33(21-15-29)44-26-10-6-2/h12-25,27,32H,5-11,26H2,1-4H3. The van der Waals surface area contributed by atoms with Crippen molar-refractivity contribution in [3.63, 3.8) is 0 Å². The molecule has 8 heteroatoms. The monoisotopic (exact) mass is 636 g/mol. The molecular weight excluding hydrogens is 592 g/mol. The summed E-state index contributed by atoms with van der Waals surface area (Å²) in [5.41, 5.74) is 3.21. The zero-order valence-electron chi connectivity index (χ0n) is 27.7. The second-order valence-corrected chi connectivity index (χ2v) is 11.2. The Hall–Kier alpha value is -4.98. The Bertz CT molecular complexity index is 1600. The second kappa shape index (κ2) is 18.2. The first-order valence-electron chi connectivity index (χ1n) is 16.5. The van der Waals surface area contributed by atoms with Crippen LogP contribution in [0.25, 0.3) is 0 Å². The molecule has 0 heterocycles. The zero-order chi connectivity index (χ0) is 33.4. The number of nitrogens with zero attached hydrogens (tertiary/aromatic N) is 2. The summed E-state index contributed by atoms with van der Waals surface area (Å²) < 4.78 is 23.2. The van der Waals surface area contributed by atoms with Gasteiger partial charge in [-0.1, -0.05) is 59.1 Å². The highest BCUT2D eigenvalue weighted by Gasteiger charge is 2.16. The van der Waals surface area contributed by atoms with E-state index in [4.69, 9.17) is 18.9 Å². The summed E-state index contributed by atoms with van der Waals surface area (Å²) in [5.74, 6) is 0.759. The van der Waals surface area contributed by atoms with Gasteiger partial charge in [0.2, 0.25) is 0 Å². The van der Waals surface area contributed by atoms with Crippen LogP contribution in [0.4, 0.5) is 11.4 Å². The lowest BCUT2D eigenvalue weighted by Gasteiger charge is -2.19. The molecule has 0 bridgehead atoms. The molecule has 0 N–H and O–H groups in total. The van der Waals surface area contributed by atoms with Gasteiger partial charge in [0.1, 0.15) is 22.9 Å². The van der Waals surface area contributed by atoms with Gasteiger partial charge >= 0.3 is 11.9 Å². The van der Waals surface area contributed by atoms with Gasteiger partial charge in [-0.05, 0) is 104 Å². The summed E-state index contributed by atoms with van der Waals surface area (Å²) in [6, 6.07) is 26.1. The Morgan fingerprint density at radius 1 is 0.660 bits per heavy atom. The van der Waals surface area contributed by atoms with Crippen molar-refractivity contribution in [3.8, 4) is 23.0 Å². The third-order valence-corrected chi connectivity index (χ3v) is 7.55. The Morgan fingerprint density at radius 3 is 1.85 bits per heavy atom. The molecule has 0 fully saturated rings. The Morgan fingerprint density at radius 2 is 1.26 bits per heavy atom. The fourth-order valence-corrected chi connectivity index (χ4v) is 4.62. The van der Waals surface area contributed by atoms with Gasteiger partial charge in [-0.15, -0.1) is 5.11 Å². The van der Waals surface area contributed by atoms with E-state index in [0.29, 0.717) is 46.4 Å². The SMILES string of the molecule is CCCCOc1ccc(C(=O)Oc2ccc(C(=O)Oc3ccc(N=Nc4ccc(CC)cc4)c(OC(CC)CCCC)c3)cc2)cc1. The largest absolute Gasteiger partial charge is 0.494 e. The van der Waals surface area contributed by atoms with Crippen LogP contribution in [-0.4, -0.2) is 24.6 Å². The zero-order valence-corrected chi connectivity index (χ0v) is 27.7. The molecular formula is C39H44N2O6. The predicted octanol–water partition coefficient (Wildman–Crippen LogP) is 10.6. The Balaban J connectivity index is 1.43. The molecule has 0 aliphatic rings. The molecule has 8 nitrogen and oxygen atoms in total. The first-order valence-corrected chi connectivity index (χ1v) is 16.5. The Kier molecular flexibility index (Phi) is 13.5. The minimum absolute atomic E-state index is 0.00832. The number of ether oxygens (including phenoxy) is 4. The number of esters is 2. The van der Waals surface area contributed by atoms with Crippen LogP contribution in [0.5, 0.6) is 23.0 Å². The molecule has 0 radical (unpaired) electrons. The van der Waals surface area contributed by atoms with Crippen molar-refractivity contribution in [2.45, 2.75) is 78.7 Å². The first-order chi connectivity index (χ1) is 22.9. The molecule has 246 valence electrons. The first kappa shape index (κ1) is 34.9. The average molecular weight is 637 g/mol. The lowest BCUT2D eigenvalue weighted by atomic mass is 10.1. The van der Waals surface area contributed by atoms with Crippen LogP contribution in [0.15, 0.2) is 101 Å². The highest BCUT2D eigenvalue weighted by atomic mass is 16.5. The number of carbonyl (C=O) groups excluding carboxylic acids is 2. The van der Waals surface area contributed by atoms with Gasteiger partial charge in [-0.25, -0.2) is 9.59 Å². The van der Waals surface area contributed by atoms with E-state index in [1.54, 1.807) is 66.7 Å². The number of benzene rings is 4. The van der Waals surface area contributed by atoms with E-state index < -0.39 is 11.9 Å². The number of carbonyl (C=O) groups is 2. The van der Waals surface area contributed by atoms with Crippen LogP contribution in [0, 0.1) is 0 Å². The maximum Gasteiger partial charge on any atom is 0.343 e. The smallest absolute Gasteiger partial charge is 0.343 e. The molecule has 0 saturated heterocycles. The van der Waals surface area contributed by atoms with Gasteiger partial charge in [0.15, 0.2) is 5.75 Å². The molecule has 1 unspecified atom stereocenters. The molecule has 0 amide bonds. The maximum atomic E-state index is 13.0. The molecule has 4 rings (SSSR count). The van der Waals surface area contributed by atoms with Gasteiger partial charge < -0.3 is 18.9 Å². The van der Waals surface area contributed by atoms with E-state index in [2.05, 4.69) is 37.9 Å². The third-order valence-electron chi connectivity index (χ3n) is 7.55. The normalized spacial score (nSPS) is 11.7. The second-order valence-electron chi connectivity index (χ2n) is 11.2. The number of azo groups is 1. The fourth-order valence-electron chi connectivity index (χ4n) is 4.62. The highest BCUT2D eigenvalue weighted by molar-refractivity contribution is 5.92. The summed E-state index contributed by atoms with van der Waals surface area (Å²) in [6.45, 7) is 9.07. The molecule has 0 saturated carbocycles. The van der Waals surface area contributed by atoms with E-state index in [1.165, 1.54) is 5.56 Å². The van der Waals surface area contributed by atoms with Gasteiger partial charge in [0.05, 0.1) is 29.5 Å². The van der Waals surface area contributed by atoms with Gasteiger partial charge in [-0.2, -0.15) is 5.11 Å². The lowest BCUT2D eigenvalue weighted by molar-refractivity contribution is 0.0729. The molecule has 4 aromatic rings. The number of aryl methyl sites for hydroxylation is 1. The third kappa shape index (κ3) is 10.8. The highest BCUT2D eigenvalue weighted by Crippen LogP contribution is 2.35. The Labute approximate surface area is 277 Å². The molecule has 4 aromatic carbocycles. The van der Waals surface area contributed by atoms with Crippen LogP contribution < -0.4 is 18.9 Å². The van der Waals surface area contributed by atoms with Crippen LogP contribution in [-0.2, 0) is 6.42 Å². The molecule has 0 aliphatic carbocycles. The van der Waals surface area contributed by atoms with Gasteiger partial charge in [0.25, 0.3) is 0 Å². The van der Waals surface area contributed by atoms with Crippen molar-refractivity contribution in [2.75, 3.05) is 6.61 Å². The van der Waals surface area contributed by atoms with Crippen molar-refractivity contribution in [3.05, 3.63) is 108 Å². The van der Waals surface area contributed by atoms with Crippen molar-refractivity contribution in [1.29, 1.82) is 0 Å². The quantitative estimate of drug-likeness (QED) is 0.0495. The summed E-state index contributed by atoms with van der Waals surface area (Å²) in [7, 11) is 0. The van der Waals surface area contributed by atoms with Gasteiger partial charge in [0, 0.05) is 6.07 Å². The van der Waals surface area contributed by atoms with E-state index in [-0.39, 0.29) is 6.10 Å². The number of hydrogen-bond donors (Lipinski definition) is 0. The minimum Gasteiger partial charge on any atom is -0.494 e. The van der Waals surface area contributed by atoms with Crippen molar-refractivity contribution < 1.29 is 28.5 Å². The van der Waals surface area contributed by atoms with Crippen molar-refractivity contribution in [2.24, 2.45) is 10.2 Å².